The molecule has 1 aliphatic heterocycles. The lowest BCUT2D eigenvalue weighted by Gasteiger charge is -2.39. The second-order valence-corrected chi connectivity index (χ2v) is 7.20. The number of nitrogens with one attached hydrogen (secondary N) is 1. The first-order chi connectivity index (χ1) is 13.7. The Bertz CT molecular complexity index is 910. The molecule has 2 N–H and O–H groups in total. The Labute approximate surface area is 164 Å². The largest absolute Gasteiger partial charge is 0.382 e. The molecule has 28 heavy (non-hydrogen) atoms. The van der Waals surface area contributed by atoms with Gasteiger partial charge in [-0.05, 0) is 34.4 Å². The molecule has 1 aliphatic rings. The van der Waals surface area contributed by atoms with Gasteiger partial charge in [-0.25, -0.2) is 4.39 Å². The Morgan fingerprint density at radius 3 is 2.39 bits per heavy atom. The summed E-state index contributed by atoms with van der Waals surface area (Å²) in [5, 5.41) is 15.1. The highest BCUT2D eigenvalue weighted by atomic mass is 19.1. The number of halogens is 1. The fourth-order valence-electron chi connectivity index (χ4n) is 3.90. The highest BCUT2D eigenvalue weighted by Crippen LogP contribution is 2.35. The molecule has 2 atom stereocenters. The third kappa shape index (κ3) is 3.85. The molecule has 3 nitrogen and oxygen atoms in total. The summed E-state index contributed by atoms with van der Waals surface area (Å²) in [4.78, 5) is 0. The molecular formula is C24H24FNO2. The highest BCUT2D eigenvalue weighted by molar-refractivity contribution is 5.67. The maximum atomic E-state index is 14.2. The fraction of sp³-hybridized carbons (Fsp3) is 0.250. The van der Waals surface area contributed by atoms with E-state index in [0.29, 0.717) is 13.2 Å². The minimum Gasteiger partial charge on any atom is -0.382 e. The summed E-state index contributed by atoms with van der Waals surface area (Å²) in [6.45, 7) is 1.84. The maximum absolute atomic E-state index is 14.2. The summed E-state index contributed by atoms with van der Waals surface area (Å²) in [6, 6.07) is 24.2. The van der Waals surface area contributed by atoms with Crippen LogP contribution in [0.2, 0.25) is 0 Å². The van der Waals surface area contributed by atoms with Gasteiger partial charge in [0.1, 0.15) is 17.5 Å². The molecule has 3 aromatic carbocycles. The molecule has 144 valence electrons. The molecule has 0 aliphatic carbocycles. The van der Waals surface area contributed by atoms with Crippen molar-refractivity contribution in [1.82, 2.24) is 5.32 Å². The summed E-state index contributed by atoms with van der Waals surface area (Å²) in [5.41, 5.74) is 2.17. The van der Waals surface area contributed by atoms with Crippen LogP contribution in [0.4, 0.5) is 4.39 Å². The quantitative estimate of drug-likeness (QED) is 0.708. The van der Waals surface area contributed by atoms with Gasteiger partial charge in [0.25, 0.3) is 0 Å². The van der Waals surface area contributed by atoms with Gasteiger partial charge in [0.2, 0.25) is 0 Å². The number of hydrogen-bond acceptors (Lipinski definition) is 3. The number of ether oxygens (including phenoxy) is 1. The topological polar surface area (TPSA) is 41.5 Å². The third-order valence-corrected chi connectivity index (χ3v) is 5.35. The second-order valence-electron chi connectivity index (χ2n) is 7.20. The summed E-state index contributed by atoms with van der Waals surface area (Å²) in [7, 11) is 0. The van der Waals surface area contributed by atoms with Gasteiger partial charge >= 0.3 is 0 Å². The SMILES string of the molecule is O[C@](Cc1cc(F)ccc1-c1ccccc1)(c1ccccc1)[C@H]1CNCCO1. The molecule has 0 amide bonds. The van der Waals surface area contributed by atoms with E-state index in [9.17, 15) is 9.50 Å². The lowest BCUT2D eigenvalue weighted by molar-refractivity contribution is -0.124. The molecular weight excluding hydrogens is 353 g/mol. The Morgan fingerprint density at radius 2 is 1.71 bits per heavy atom. The van der Waals surface area contributed by atoms with Gasteiger partial charge < -0.3 is 15.2 Å². The number of benzene rings is 3. The lowest BCUT2D eigenvalue weighted by Crippen LogP contribution is -2.52. The van der Waals surface area contributed by atoms with E-state index in [0.717, 1.165) is 28.8 Å². The van der Waals surface area contributed by atoms with Crippen molar-refractivity contribution in [1.29, 1.82) is 0 Å². The van der Waals surface area contributed by atoms with Crippen molar-refractivity contribution in [3.63, 3.8) is 0 Å². The zero-order valence-electron chi connectivity index (χ0n) is 15.6. The minimum atomic E-state index is -1.27. The van der Waals surface area contributed by atoms with Crippen molar-refractivity contribution in [3.05, 3.63) is 95.8 Å². The van der Waals surface area contributed by atoms with E-state index in [1.165, 1.54) is 12.1 Å². The van der Waals surface area contributed by atoms with Gasteiger partial charge in [-0.1, -0.05) is 66.7 Å². The smallest absolute Gasteiger partial charge is 0.123 e. The van der Waals surface area contributed by atoms with Crippen molar-refractivity contribution < 1.29 is 14.2 Å². The second kappa shape index (κ2) is 8.23. The third-order valence-electron chi connectivity index (χ3n) is 5.35. The average molecular weight is 377 g/mol. The number of aliphatic hydroxyl groups is 1. The van der Waals surface area contributed by atoms with Gasteiger partial charge in [0, 0.05) is 19.5 Å². The molecule has 1 heterocycles. The number of hydrogen-bond donors (Lipinski definition) is 2. The van der Waals surface area contributed by atoms with Crippen LogP contribution in [-0.2, 0) is 16.8 Å². The molecule has 0 unspecified atom stereocenters. The summed E-state index contributed by atoms with van der Waals surface area (Å²) in [6.07, 6.45) is -0.165. The van der Waals surface area contributed by atoms with E-state index in [4.69, 9.17) is 4.74 Å². The Kier molecular flexibility index (Phi) is 5.53. The zero-order valence-corrected chi connectivity index (χ0v) is 15.6. The molecule has 1 fully saturated rings. The van der Waals surface area contributed by atoms with E-state index in [1.807, 2.05) is 60.7 Å². The van der Waals surface area contributed by atoms with Gasteiger partial charge in [-0.3, -0.25) is 0 Å². The van der Waals surface area contributed by atoms with Crippen LogP contribution in [-0.4, -0.2) is 30.9 Å². The molecule has 4 heteroatoms. The number of morpholine rings is 1. The predicted octanol–water partition coefficient (Wildman–Crippen LogP) is 3.91. The average Bonchev–Trinajstić information content (AvgIpc) is 2.76. The van der Waals surface area contributed by atoms with Crippen molar-refractivity contribution in [2.75, 3.05) is 19.7 Å². The van der Waals surface area contributed by atoms with Crippen LogP contribution in [0.1, 0.15) is 11.1 Å². The molecule has 0 saturated carbocycles. The van der Waals surface area contributed by atoms with Crippen molar-refractivity contribution >= 4 is 0 Å². The van der Waals surface area contributed by atoms with E-state index in [-0.39, 0.29) is 12.2 Å². The van der Waals surface area contributed by atoms with Crippen LogP contribution in [0.15, 0.2) is 78.9 Å². The van der Waals surface area contributed by atoms with E-state index < -0.39 is 11.7 Å². The van der Waals surface area contributed by atoms with Crippen molar-refractivity contribution in [2.24, 2.45) is 0 Å². The van der Waals surface area contributed by atoms with Crippen LogP contribution in [0.5, 0.6) is 0 Å². The van der Waals surface area contributed by atoms with Crippen LogP contribution in [0.3, 0.4) is 0 Å². The van der Waals surface area contributed by atoms with E-state index >= 15 is 0 Å². The van der Waals surface area contributed by atoms with Crippen LogP contribution in [0, 0.1) is 5.82 Å². The van der Waals surface area contributed by atoms with Gasteiger partial charge in [-0.2, -0.15) is 0 Å². The van der Waals surface area contributed by atoms with Gasteiger partial charge in [0.15, 0.2) is 0 Å². The fourth-order valence-corrected chi connectivity index (χ4v) is 3.90. The molecule has 0 radical (unpaired) electrons. The standard InChI is InChI=1S/C24H24FNO2/c25-21-11-12-22(18-7-3-1-4-8-18)19(15-21)16-24(27,20-9-5-2-6-10-20)23-17-26-13-14-28-23/h1-12,15,23,26-27H,13-14,16-17H2/t23-,24-/m1/s1. The summed E-state index contributed by atoms with van der Waals surface area (Å²) < 4.78 is 20.1. The Hall–Kier alpha value is -2.53. The van der Waals surface area contributed by atoms with Crippen LogP contribution >= 0.6 is 0 Å². The van der Waals surface area contributed by atoms with Crippen LogP contribution < -0.4 is 5.32 Å². The van der Waals surface area contributed by atoms with Gasteiger partial charge in [0.05, 0.1) is 6.61 Å². The van der Waals surface area contributed by atoms with Crippen molar-refractivity contribution in [3.8, 4) is 11.1 Å². The Balaban J connectivity index is 1.78. The van der Waals surface area contributed by atoms with Crippen molar-refractivity contribution in [2.45, 2.75) is 18.1 Å². The summed E-state index contributed by atoms with van der Waals surface area (Å²) in [5.74, 6) is -0.312. The minimum absolute atomic E-state index is 0.255. The molecule has 0 aromatic heterocycles. The van der Waals surface area contributed by atoms with E-state index in [2.05, 4.69) is 5.32 Å². The van der Waals surface area contributed by atoms with E-state index in [1.54, 1.807) is 6.07 Å². The molecule has 0 bridgehead atoms. The first-order valence-corrected chi connectivity index (χ1v) is 9.61. The normalized spacial score (nSPS) is 19.1. The number of rotatable bonds is 5. The highest BCUT2D eigenvalue weighted by Gasteiger charge is 2.41. The monoisotopic (exact) mass is 377 g/mol. The lowest BCUT2D eigenvalue weighted by atomic mass is 9.80. The first-order valence-electron chi connectivity index (χ1n) is 9.61. The zero-order chi connectivity index (χ0) is 19.4. The first kappa shape index (κ1) is 18.8. The Morgan fingerprint density at radius 1 is 1.00 bits per heavy atom. The maximum Gasteiger partial charge on any atom is 0.123 e. The molecule has 1 saturated heterocycles. The van der Waals surface area contributed by atoms with Gasteiger partial charge in [-0.15, -0.1) is 0 Å². The van der Waals surface area contributed by atoms with Crippen LogP contribution in [0.25, 0.3) is 11.1 Å². The predicted molar refractivity (Wildman–Crippen MR) is 108 cm³/mol. The molecule has 0 spiro atoms. The molecule has 4 rings (SSSR count). The molecule has 3 aromatic rings. The summed E-state index contributed by atoms with van der Waals surface area (Å²) >= 11 is 0.